The molecule has 0 saturated heterocycles. The predicted molar refractivity (Wildman–Crippen MR) is 79.9 cm³/mol. The number of ether oxygens (including phenoxy) is 1. The molecule has 1 N–H and O–H groups in total. The van der Waals surface area contributed by atoms with Crippen molar-refractivity contribution in [3.05, 3.63) is 39.9 Å². The standard InChI is InChI=1S/C15H16N2O2S/c1-9-13(14(18)19-2)17-15(20-9)16-12-7-6-10-4-3-5-11(10)8-12/h6-8H,3-5H2,1-2H3,(H,16,17). The van der Waals surface area contributed by atoms with Crippen LogP contribution in [0.15, 0.2) is 18.2 Å². The first kappa shape index (κ1) is 13.1. The molecule has 1 heterocycles. The van der Waals surface area contributed by atoms with E-state index in [1.165, 1.54) is 42.4 Å². The van der Waals surface area contributed by atoms with Crippen LogP contribution in [0.25, 0.3) is 0 Å². The van der Waals surface area contributed by atoms with E-state index in [0.717, 1.165) is 22.1 Å². The molecule has 4 nitrogen and oxygen atoms in total. The van der Waals surface area contributed by atoms with Gasteiger partial charge in [0.05, 0.1) is 7.11 Å². The fourth-order valence-corrected chi connectivity index (χ4v) is 3.33. The third-order valence-corrected chi connectivity index (χ3v) is 4.41. The predicted octanol–water partition coefficient (Wildman–Crippen LogP) is 3.47. The van der Waals surface area contributed by atoms with Gasteiger partial charge in [0.15, 0.2) is 10.8 Å². The number of hydrogen-bond donors (Lipinski definition) is 1. The second kappa shape index (κ2) is 5.25. The Morgan fingerprint density at radius 3 is 2.95 bits per heavy atom. The number of rotatable bonds is 3. The van der Waals surface area contributed by atoms with Gasteiger partial charge in [-0.05, 0) is 49.4 Å². The van der Waals surface area contributed by atoms with E-state index < -0.39 is 0 Å². The van der Waals surface area contributed by atoms with Gasteiger partial charge < -0.3 is 10.1 Å². The van der Waals surface area contributed by atoms with E-state index in [1.54, 1.807) is 0 Å². The first-order chi connectivity index (χ1) is 9.67. The first-order valence-corrected chi connectivity index (χ1v) is 7.43. The number of nitrogens with zero attached hydrogens (tertiary/aromatic N) is 1. The summed E-state index contributed by atoms with van der Waals surface area (Å²) in [4.78, 5) is 16.7. The minimum atomic E-state index is -0.388. The average Bonchev–Trinajstić information content (AvgIpc) is 3.04. The van der Waals surface area contributed by atoms with Crippen molar-refractivity contribution in [2.24, 2.45) is 0 Å². The van der Waals surface area contributed by atoms with E-state index in [2.05, 4.69) is 28.5 Å². The Morgan fingerprint density at radius 1 is 1.35 bits per heavy atom. The fraction of sp³-hybridized carbons (Fsp3) is 0.333. The molecule has 1 aliphatic rings. The van der Waals surface area contributed by atoms with Gasteiger partial charge in [-0.2, -0.15) is 0 Å². The molecule has 0 amide bonds. The van der Waals surface area contributed by atoms with Gasteiger partial charge in [0, 0.05) is 10.6 Å². The summed E-state index contributed by atoms with van der Waals surface area (Å²) in [5.41, 5.74) is 4.27. The number of esters is 1. The lowest BCUT2D eigenvalue weighted by Gasteiger charge is -2.05. The first-order valence-electron chi connectivity index (χ1n) is 6.62. The molecule has 0 saturated carbocycles. The van der Waals surface area contributed by atoms with Crippen molar-refractivity contribution in [2.75, 3.05) is 12.4 Å². The highest BCUT2D eigenvalue weighted by Gasteiger charge is 2.16. The van der Waals surface area contributed by atoms with Crippen molar-refractivity contribution in [1.29, 1.82) is 0 Å². The number of hydrogen-bond acceptors (Lipinski definition) is 5. The molecule has 0 aliphatic heterocycles. The Hall–Kier alpha value is -1.88. The van der Waals surface area contributed by atoms with Crippen molar-refractivity contribution >= 4 is 28.1 Å². The van der Waals surface area contributed by atoms with Crippen molar-refractivity contribution in [1.82, 2.24) is 4.98 Å². The lowest BCUT2D eigenvalue weighted by Crippen LogP contribution is -2.03. The molecule has 5 heteroatoms. The van der Waals surface area contributed by atoms with Gasteiger partial charge in [0.25, 0.3) is 0 Å². The molecule has 0 radical (unpaired) electrons. The topological polar surface area (TPSA) is 51.2 Å². The lowest BCUT2D eigenvalue weighted by atomic mass is 10.1. The third kappa shape index (κ3) is 2.41. The van der Waals surface area contributed by atoms with Crippen molar-refractivity contribution in [3.63, 3.8) is 0 Å². The van der Waals surface area contributed by atoms with Crippen LogP contribution in [0.5, 0.6) is 0 Å². The van der Waals surface area contributed by atoms with Gasteiger partial charge in [-0.1, -0.05) is 6.07 Å². The highest BCUT2D eigenvalue weighted by Crippen LogP contribution is 2.29. The van der Waals surface area contributed by atoms with E-state index in [4.69, 9.17) is 4.74 Å². The van der Waals surface area contributed by atoms with E-state index in [9.17, 15) is 4.79 Å². The second-order valence-electron chi connectivity index (χ2n) is 4.88. The molecule has 0 atom stereocenters. The second-order valence-corrected chi connectivity index (χ2v) is 6.08. The minimum absolute atomic E-state index is 0.388. The zero-order valence-corrected chi connectivity index (χ0v) is 12.3. The number of fused-ring (bicyclic) bond motifs is 1. The summed E-state index contributed by atoms with van der Waals surface area (Å²) < 4.78 is 4.72. The smallest absolute Gasteiger partial charge is 0.357 e. The quantitative estimate of drug-likeness (QED) is 0.879. The van der Waals surface area contributed by atoms with E-state index >= 15 is 0 Å². The number of anilines is 2. The minimum Gasteiger partial charge on any atom is -0.464 e. The monoisotopic (exact) mass is 288 g/mol. The molecule has 20 heavy (non-hydrogen) atoms. The SMILES string of the molecule is COC(=O)c1nc(Nc2ccc3c(c2)CCC3)sc1C. The molecule has 0 spiro atoms. The van der Waals surface area contributed by atoms with Crippen LogP contribution in [-0.2, 0) is 17.6 Å². The molecule has 2 aromatic rings. The maximum Gasteiger partial charge on any atom is 0.357 e. The molecule has 104 valence electrons. The summed E-state index contributed by atoms with van der Waals surface area (Å²) >= 11 is 1.46. The van der Waals surface area contributed by atoms with Crippen LogP contribution in [-0.4, -0.2) is 18.1 Å². The number of methoxy groups -OCH3 is 1. The molecule has 1 aromatic heterocycles. The van der Waals surface area contributed by atoms with Gasteiger partial charge in [0.1, 0.15) is 0 Å². The maximum atomic E-state index is 11.5. The highest BCUT2D eigenvalue weighted by atomic mass is 32.1. The summed E-state index contributed by atoms with van der Waals surface area (Å²) in [6.07, 6.45) is 3.56. The van der Waals surface area contributed by atoms with Crippen LogP contribution < -0.4 is 5.32 Å². The van der Waals surface area contributed by atoms with Crippen LogP contribution in [0.2, 0.25) is 0 Å². The van der Waals surface area contributed by atoms with E-state index in [-0.39, 0.29) is 5.97 Å². The highest BCUT2D eigenvalue weighted by molar-refractivity contribution is 7.15. The number of benzene rings is 1. The number of nitrogens with one attached hydrogen (secondary N) is 1. The summed E-state index contributed by atoms with van der Waals surface area (Å²) in [5, 5.41) is 4.00. The van der Waals surface area contributed by atoms with E-state index in [1.807, 2.05) is 6.92 Å². The molecule has 3 rings (SSSR count). The summed E-state index contributed by atoms with van der Waals surface area (Å²) in [6.45, 7) is 1.87. The average molecular weight is 288 g/mol. The molecule has 1 aromatic carbocycles. The normalized spacial score (nSPS) is 13.1. The number of aromatic nitrogens is 1. The van der Waals surface area contributed by atoms with Gasteiger partial charge in [-0.25, -0.2) is 9.78 Å². The number of carbonyl (C=O) groups excluding carboxylic acids is 1. The van der Waals surface area contributed by atoms with E-state index in [0.29, 0.717) is 5.69 Å². The van der Waals surface area contributed by atoms with Crippen molar-refractivity contribution in [3.8, 4) is 0 Å². The number of thiazole rings is 1. The summed E-state index contributed by atoms with van der Waals surface area (Å²) in [6, 6.07) is 6.42. The van der Waals surface area contributed by atoms with Crippen LogP contribution in [0.1, 0.15) is 32.9 Å². The fourth-order valence-electron chi connectivity index (χ4n) is 2.51. The molecule has 0 unspecified atom stereocenters. The Bertz CT molecular complexity index is 664. The Morgan fingerprint density at radius 2 is 2.15 bits per heavy atom. The molecular weight excluding hydrogens is 272 g/mol. The Balaban J connectivity index is 1.83. The number of aryl methyl sites for hydroxylation is 3. The summed E-state index contributed by atoms with van der Waals surface area (Å²) in [7, 11) is 1.37. The molecule has 0 bridgehead atoms. The lowest BCUT2D eigenvalue weighted by molar-refractivity contribution is 0.0594. The molecular formula is C15H16N2O2S. The zero-order chi connectivity index (χ0) is 14.1. The van der Waals surface area contributed by atoms with Crippen molar-refractivity contribution < 1.29 is 9.53 Å². The van der Waals surface area contributed by atoms with Crippen LogP contribution in [0.4, 0.5) is 10.8 Å². The maximum absolute atomic E-state index is 11.5. The number of carbonyl (C=O) groups is 1. The van der Waals surface area contributed by atoms with Gasteiger partial charge in [0.2, 0.25) is 0 Å². The molecule has 0 fully saturated rings. The third-order valence-electron chi connectivity index (χ3n) is 3.53. The largest absolute Gasteiger partial charge is 0.464 e. The van der Waals surface area contributed by atoms with Gasteiger partial charge in [-0.3, -0.25) is 0 Å². The Kier molecular flexibility index (Phi) is 3.44. The molecule has 1 aliphatic carbocycles. The van der Waals surface area contributed by atoms with Crippen molar-refractivity contribution in [2.45, 2.75) is 26.2 Å². The van der Waals surface area contributed by atoms with Gasteiger partial charge >= 0.3 is 5.97 Å². The Labute approximate surface area is 121 Å². The summed E-state index contributed by atoms with van der Waals surface area (Å²) in [5.74, 6) is -0.388. The van der Waals surface area contributed by atoms with Gasteiger partial charge in [-0.15, -0.1) is 11.3 Å². The van der Waals surface area contributed by atoms with Crippen LogP contribution in [0, 0.1) is 6.92 Å². The van der Waals surface area contributed by atoms with Crippen LogP contribution in [0.3, 0.4) is 0 Å². The van der Waals surface area contributed by atoms with Crippen LogP contribution >= 0.6 is 11.3 Å². The zero-order valence-electron chi connectivity index (χ0n) is 11.5.